The fraction of sp³-hybridized carbons (Fsp3) is 0.538. The summed E-state index contributed by atoms with van der Waals surface area (Å²) in [6.07, 6.45) is 11.0. The number of piperidine rings is 4. The lowest BCUT2D eigenvalue weighted by atomic mass is 9.71. The van der Waals surface area contributed by atoms with Crippen LogP contribution in [-0.2, 0) is 30.0 Å². The van der Waals surface area contributed by atoms with Gasteiger partial charge in [-0.3, -0.25) is 50.2 Å². The first-order valence-electron chi connectivity index (χ1n) is 18.6. The monoisotopic (exact) mass is 698 g/mol. The Kier molecular flexibility index (Phi) is 11.0. The van der Waals surface area contributed by atoms with Gasteiger partial charge in [0.25, 0.3) is 0 Å². The summed E-state index contributed by atoms with van der Waals surface area (Å²) >= 11 is 0. The molecule has 51 heavy (non-hydrogen) atoms. The average Bonchev–Trinajstić information content (AvgIpc) is 3.13. The Morgan fingerprint density at radius 2 is 0.902 bits per heavy atom. The summed E-state index contributed by atoms with van der Waals surface area (Å²) in [5.74, 6) is -0.244. The van der Waals surface area contributed by atoms with Crippen molar-refractivity contribution in [2.24, 2.45) is 11.8 Å². The number of barbiturate groups is 2. The minimum Gasteiger partial charge on any atom is -0.300 e. The minimum absolute atomic E-state index is 0.294. The summed E-state index contributed by atoms with van der Waals surface area (Å²) in [5.41, 5.74) is -1.44. The Morgan fingerprint density at radius 3 is 1.24 bits per heavy atom. The molecule has 2 bridgehead atoms. The van der Waals surface area contributed by atoms with Crippen molar-refractivity contribution in [3.63, 3.8) is 0 Å². The topological polar surface area (TPSA) is 157 Å². The van der Waals surface area contributed by atoms with Crippen molar-refractivity contribution in [3.8, 4) is 0 Å². The summed E-state index contributed by atoms with van der Waals surface area (Å²) in [6, 6.07) is 17.8. The van der Waals surface area contributed by atoms with E-state index in [2.05, 4.69) is 31.1 Å². The summed E-state index contributed by atoms with van der Waals surface area (Å²) < 4.78 is 0. The molecule has 0 radical (unpaired) electrons. The fourth-order valence-corrected chi connectivity index (χ4v) is 9.38. The predicted octanol–water partition coefficient (Wildman–Crippen LogP) is 3.75. The molecule has 0 saturated carbocycles. The highest BCUT2D eigenvalue weighted by Crippen LogP contribution is 2.42. The molecule has 0 unspecified atom stereocenters. The molecule has 6 aliphatic rings. The zero-order valence-corrected chi connectivity index (χ0v) is 29.6. The molecule has 6 saturated heterocycles. The number of benzene rings is 2. The SMILES string of the molecule is C1CCN2C[C@@H]3C[C@H](CN4CCCC[C@H]34)[C@H]2C1.CCC1(c2ccccc2)C(=O)NC(=O)NC1=O.CCC1(c2ccccc2)C(=O)NC(=O)NC1=O. The highest BCUT2D eigenvalue weighted by Gasteiger charge is 2.51. The van der Waals surface area contributed by atoms with Gasteiger partial charge in [-0.2, -0.15) is 0 Å². The van der Waals surface area contributed by atoms with Crippen molar-refractivity contribution in [2.75, 3.05) is 26.2 Å². The van der Waals surface area contributed by atoms with Crippen molar-refractivity contribution in [1.82, 2.24) is 31.1 Å². The lowest BCUT2D eigenvalue weighted by molar-refractivity contribution is -0.140. The molecule has 12 nitrogen and oxygen atoms in total. The van der Waals surface area contributed by atoms with Crippen LogP contribution in [0.3, 0.4) is 0 Å². The minimum atomic E-state index is -1.31. The van der Waals surface area contributed by atoms with Gasteiger partial charge in [0, 0.05) is 25.2 Å². The highest BCUT2D eigenvalue weighted by molar-refractivity contribution is 6.23. The molecule has 2 aromatic rings. The van der Waals surface area contributed by atoms with E-state index in [4.69, 9.17) is 0 Å². The van der Waals surface area contributed by atoms with Gasteiger partial charge in [0.15, 0.2) is 10.8 Å². The second-order valence-corrected chi connectivity index (χ2v) is 14.6. The van der Waals surface area contributed by atoms with Crippen LogP contribution < -0.4 is 21.3 Å². The predicted molar refractivity (Wildman–Crippen MR) is 190 cm³/mol. The van der Waals surface area contributed by atoms with E-state index in [1.54, 1.807) is 80.9 Å². The summed E-state index contributed by atoms with van der Waals surface area (Å²) in [7, 11) is 0. The number of carbonyl (C=O) groups excluding carboxylic acids is 6. The van der Waals surface area contributed by atoms with E-state index in [-0.39, 0.29) is 0 Å². The average molecular weight is 699 g/mol. The zero-order chi connectivity index (χ0) is 36.2. The number of fused-ring (bicyclic) bond motifs is 6. The molecule has 4 N–H and O–H groups in total. The largest absolute Gasteiger partial charge is 0.328 e. The molecule has 8 amide bonds. The molecule has 6 heterocycles. The molecule has 12 heteroatoms. The molecule has 272 valence electrons. The third kappa shape index (κ3) is 6.95. The van der Waals surface area contributed by atoms with Gasteiger partial charge in [-0.1, -0.05) is 87.4 Å². The first kappa shape index (κ1) is 36.4. The Labute approximate surface area is 299 Å². The van der Waals surface area contributed by atoms with Crippen LogP contribution in [0.1, 0.15) is 82.8 Å². The second-order valence-electron chi connectivity index (χ2n) is 14.6. The van der Waals surface area contributed by atoms with Crippen molar-refractivity contribution in [1.29, 1.82) is 0 Å². The van der Waals surface area contributed by atoms with E-state index >= 15 is 0 Å². The van der Waals surface area contributed by atoms with Gasteiger partial charge in [-0.15, -0.1) is 0 Å². The highest BCUT2D eigenvalue weighted by atomic mass is 16.2. The number of hydrogen-bond donors (Lipinski definition) is 4. The van der Waals surface area contributed by atoms with Gasteiger partial charge < -0.3 is 0 Å². The molecule has 6 aliphatic heterocycles. The van der Waals surface area contributed by atoms with E-state index < -0.39 is 46.5 Å². The van der Waals surface area contributed by atoms with Gasteiger partial charge in [-0.25, -0.2) is 9.59 Å². The third-order valence-corrected chi connectivity index (χ3v) is 12.0. The van der Waals surface area contributed by atoms with Crippen LogP contribution in [-0.4, -0.2) is 83.8 Å². The molecule has 6 fully saturated rings. The quantitative estimate of drug-likeness (QED) is 0.352. The van der Waals surface area contributed by atoms with Gasteiger partial charge in [-0.05, 0) is 81.0 Å². The van der Waals surface area contributed by atoms with Crippen LogP contribution in [0.4, 0.5) is 9.59 Å². The zero-order valence-electron chi connectivity index (χ0n) is 29.6. The van der Waals surface area contributed by atoms with E-state index in [1.807, 2.05) is 0 Å². The third-order valence-electron chi connectivity index (χ3n) is 12.0. The number of urea groups is 2. The van der Waals surface area contributed by atoms with Gasteiger partial charge in [0.2, 0.25) is 23.6 Å². The molecule has 4 atom stereocenters. The maximum Gasteiger partial charge on any atom is 0.328 e. The van der Waals surface area contributed by atoms with E-state index in [0.717, 1.165) is 23.9 Å². The summed E-state index contributed by atoms with van der Waals surface area (Å²) in [4.78, 5) is 75.8. The number of imide groups is 4. The van der Waals surface area contributed by atoms with Crippen molar-refractivity contribution in [3.05, 3.63) is 71.8 Å². The fourth-order valence-electron chi connectivity index (χ4n) is 9.38. The van der Waals surface area contributed by atoms with Gasteiger partial charge in [0.05, 0.1) is 0 Å². The van der Waals surface area contributed by atoms with Crippen LogP contribution in [0.2, 0.25) is 0 Å². The van der Waals surface area contributed by atoms with Crippen LogP contribution in [0.25, 0.3) is 0 Å². The lowest BCUT2D eigenvalue weighted by Gasteiger charge is -2.57. The van der Waals surface area contributed by atoms with E-state index in [1.165, 1.54) is 64.7 Å². The molecule has 8 rings (SSSR count). The number of rotatable bonds is 4. The van der Waals surface area contributed by atoms with Crippen LogP contribution in [0.15, 0.2) is 60.7 Å². The molecule has 0 aliphatic carbocycles. The number of carbonyl (C=O) groups is 6. The molecule has 0 spiro atoms. The van der Waals surface area contributed by atoms with Gasteiger partial charge in [0.1, 0.15) is 0 Å². The van der Waals surface area contributed by atoms with Crippen LogP contribution in [0, 0.1) is 11.8 Å². The van der Waals surface area contributed by atoms with E-state index in [9.17, 15) is 28.8 Å². The first-order valence-corrected chi connectivity index (χ1v) is 18.6. The number of nitrogens with zero attached hydrogens (tertiary/aromatic N) is 2. The van der Waals surface area contributed by atoms with Crippen molar-refractivity contribution >= 4 is 35.7 Å². The Morgan fingerprint density at radius 1 is 0.549 bits per heavy atom. The molecule has 0 aromatic heterocycles. The smallest absolute Gasteiger partial charge is 0.300 e. The Balaban J connectivity index is 0.000000132. The number of hydrogen-bond acceptors (Lipinski definition) is 8. The first-order chi connectivity index (χ1) is 24.6. The number of nitrogens with one attached hydrogen (secondary N) is 4. The van der Waals surface area contributed by atoms with E-state index in [0.29, 0.717) is 24.0 Å². The normalized spacial score (nSPS) is 28.1. The maximum atomic E-state index is 12.0. The summed E-state index contributed by atoms with van der Waals surface area (Å²) in [6.45, 7) is 9.16. The molecule has 2 aromatic carbocycles. The van der Waals surface area contributed by atoms with Crippen LogP contribution in [0.5, 0.6) is 0 Å². The molecular formula is C39H50N6O6. The van der Waals surface area contributed by atoms with Crippen molar-refractivity contribution in [2.45, 2.75) is 94.5 Å². The summed E-state index contributed by atoms with van der Waals surface area (Å²) in [5, 5.41) is 8.56. The Hall–Kier alpha value is -4.42. The second kappa shape index (κ2) is 15.4. The molecular weight excluding hydrogens is 648 g/mol. The lowest BCUT2D eigenvalue weighted by Crippen LogP contribution is -2.64. The van der Waals surface area contributed by atoms with Crippen LogP contribution >= 0.6 is 0 Å². The maximum absolute atomic E-state index is 12.0. The van der Waals surface area contributed by atoms with Crippen molar-refractivity contribution < 1.29 is 28.8 Å². The standard InChI is InChI=1S/C15H26N2.2C12H12N2O3/c1-3-7-16-11-13-9-12(14(16)5-1)10-17-8-4-2-6-15(13)17;2*1-2-12(8-6-4-3-5-7-8)9(15)13-11(17)14-10(12)16/h12-15H,1-11H2;2*3-7H,2H2,1H3,(H2,13,14,15,16,17)/t12-,13+,14-,15-;;/m1../s1. The number of amides is 8. The Bertz CT molecular complexity index is 1470. The van der Waals surface area contributed by atoms with Gasteiger partial charge >= 0.3 is 12.1 Å².